The van der Waals surface area contributed by atoms with Gasteiger partial charge in [0, 0.05) is 29.5 Å². The van der Waals surface area contributed by atoms with Gasteiger partial charge in [0.05, 0.1) is 19.4 Å². The van der Waals surface area contributed by atoms with Crippen molar-refractivity contribution < 1.29 is 42.9 Å². The fourth-order valence-corrected chi connectivity index (χ4v) is 7.51. The summed E-state index contributed by atoms with van der Waals surface area (Å²) in [6.45, 7) is 5.08. The standard InChI is InChI=1S/C43H45N5O9/c1-5-6-7-11-15-27-16-12-17-28-34(27)48-41-43(28)29-20-26(18-19-32(29)56-41)21-30(45-42(53)55-23-25-13-9-8-10-14-25)37(50)46-33(24(2)3)39-47-35(36(43)57-39)38(51)44-31(22-49)40(52)54-4/h8-10,12-14,16-20,24,30-31,33,41,48-49H,5-7,21-23H2,1-4H3,(H,44,51)(H,45,53)(H,46,50)/t30-,31-,33-,41-,43?/m0/s1. The van der Waals surface area contributed by atoms with E-state index in [-0.39, 0.29) is 36.3 Å². The summed E-state index contributed by atoms with van der Waals surface area (Å²) in [5, 5.41) is 21.9. The highest BCUT2D eigenvalue weighted by Crippen LogP contribution is 2.59. The molecule has 5 atom stereocenters. The largest absolute Gasteiger partial charge is 0.469 e. The number of nitrogens with one attached hydrogen (secondary N) is 4. The van der Waals surface area contributed by atoms with Gasteiger partial charge >= 0.3 is 12.1 Å². The number of carbonyl (C=O) groups excluding carboxylic acids is 4. The van der Waals surface area contributed by atoms with E-state index >= 15 is 0 Å². The van der Waals surface area contributed by atoms with Gasteiger partial charge in [0.2, 0.25) is 11.8 Å². The predicted octanol–water partition coefficient (Wildman–Crippen LogP) is 4.62. The normalized spacial score (nSPS) is 20.5. The molecule has 14 nitrogen and oxygen atoms in total. The molecule has 0 saturated heterocycles. The number of aromatic nitrogens is 1. The number of anilines is 1. The number of hydrogen-bond acceptors (Lipinski definition) is 11. The molecule has 4 heterocycles. The van der Waals surface area contributed by atoms with Crippen LogP contribution in [0.2, 0.25) is 0 Å². The average Bonchev–Trinajstić information content (AvgIpc) is 3.89. The second-order valence-corrected chi connectivity index (χ2v) is 14.6. The van der Waals surface area contributed by atoms with E-state index in [1.807, 2.05) is 74.5 Å². The lowest BCUT2D eigenvalue weighted by molar-refractivity contribution is -0.143. The molecule has 1 aromatic heterocycles. The Morgan fingerprint density at radius 3 is 2.61 bits per heavy atom. The van der Waals surface area contributed by atoms with Crippen molar-refractivity contribution in [2.75, 3.05) is 19.0 Å². The van der Waals surface area contributed by atoms with Crippen LogP contribution in [-0.2, 0) is 37.5 Å². The number of oxazole rings is 1. The van der Waals surface area contributed by atoms with Gasteiger partial charge < -0.3 is 45.0 Å². The molecule has 7 rings (SSSR count). The summed E-state index contributed by atoms with van der Waals surface area (Å²) in [4.78, 5) is 59.0. The molecule has 14 heteroatoms. The average molecular weight is 776 g/mol. The molecule has 0 fully saturated rings. The number of esters is 1. The van der Waals surface area contributed by atoms with Crippen LogP contribution in [0.15, 0.2) is 71.1 Å². The minimum Gasteiger partial charge on any atom is -0.469 e. The van der Waals surface area contributed by atoms with Gasteiger partial charge in [0.15, 0.2) is 23.7 Å². The van der Waals surface area contributed by atoms with Crippen LogP contribution in [-0.4, -0.2) is 66.0 Å². The van der Waals surface area contributed by atoms with Crippen LogP contribution in [0.1, 0.15) is 96.0 Å². The van der Waals surface area contributed by atoms with E-state index in [1.54, 1.807) is 6.07 Å². The Morgan fingerprint density at radius 1 is 1.07 bits per heavy atom. The van der Waals surface area contributed by atoms with Crippen LogP contribution < -0.4 is 26.0 Å². The van der Waals surface area contributed by atoms with E-state index < -0.39 is 60.3 Å². The first-order chi connectivity index (χ1) is 27.6. The fourth-order valence-electron chi connectivity index (χ4n) is 7.51. The molecule has 3 amide bonds. The van der Waals surface area contributed by atoms with Crippen molar-refractivity contribution >= 4 is 29.6 Å². The first kappa shape index (κ1) is 38.9. The number of aliphatic hydroxyl groups is 1. The number of nitrogens with zero attached hydrogens (tertiary/aromatic N) is 1. The third-order valence-corrected chi connectivity index (χ3v) is 10.4. The minimum absolute atomic E-state index is 0.00412. The summed E-state index contributed by atoms with van der Waals surface area (Å²) < 4.78 is 23.7. The fraction of sp³-hybridized carbons (Fsp3) is 0.372. The zero-order chi connectivity index (χ0) is 40.3. The lowest BCUT2D eigenvalue weighted by Crippen LogP contribution is -2.49. The third kappa shape index (κ3) is 7.38. The number of ether oxygens (including phenoxy) is 3. The van der Waals surface area contributed by atoms with Crippen molar-refractivity contribution in [2.24, 2.45) is 5.92 Å². The summed E-state index contributed by atoms with van der Waals surface area (Å²) in [6.07, 6.45) is 1.12. The molecule has 3 aromatic carbocycles. The first-order valence-electron chi connectivity index (χ1n) is 19.1. The summed E-state index contributed by atoms with van der Waals surface area (Å²) >= 11 is 0. The van der Waals surface area contributed by atoms with Gasteiger partial charge in [-0.25, -0.2) is 14.6 Å². The second-order valence-electron chi connectivity index (χ2n) is 14.6. The highest BCUT2D eigenvalue weighted by molar-refractivity contribution is 5.97. The zero-order valence-electron chi connectivity index (χ0n) is 32.1. The number of aliphatic hydroxyl groups excluding tert-OH is 1. The molecular formula is C43H45N5O9. The summed E-state index contributed by atoms with van der Waals surface area (Å²) in [7, 11) is 1.15. The maximum absolute atomic E-state index is 14.4. The van der Waals surface area contributed by atoms with Crippen molar-refractivity contribution in [3.05, 3.63) is 112 Å². The SMILES string of the molecule is CCCCC#Cc1cccc2c1N[C@H]1Oc3ccc4cc3C21c1oc(nc1C(=O)N[C@@H](CO)C(=O)OC)[C@H](C(C)C)NC(=O)[C@@H](NC(=O)OCc1ccccc1)C4. The van der Waals surface area contributed by atoms with Crippen LogP contribution in [0.5, 0.6) is 5.75 Å². The van der Waals surface area contributed by atoms with E-state index in [0.717, 1.165) is 37.5 Å². The van der Waals surface area contributed by atoms with Crippen LogP contribution >= 0.6 is 0 Å². The Hall–Kier alpha value is -6.33. The molecule has 4 aromatic rings. The molecule has 1 spiro atoms. The summed E-state index contributed by atoms with van der Waals surface area (Å²) in [6, 6.07) is 17.0. The number of rotatable bonds is 10. The number of unbranched alkanes of at least 4 members (excludes halogenated alkanes) is 2. The molecule has 3 aliphatic rings. The van der Waals surface area contributed by atoms with Crippen molar-refractivity contribution in [1.29, 1.82) is 0 Å². The van der Waals surface area contributed by atoms with Gasteiger partial charge in [-0.2, -0.15) is 0 Å². The van der Waals surface area contributed by atoms with Gasteiger partial charge in [-0.3, -0.25) is 9.59 Å². The van der Waals surface area contributed by atoms with E-state index in [1.165, 1.54) is 0 Å². The Labute approximate surface area is 330 Å². The molecule has 1 unspecified atom stereocenters. The molecule has 0 radical (unpaired) electrons. The molecule has 0 saturated carbocycles. The number of alkyl carbamates (subject to hydrolysis) is 1. The lowest BCUT2D eigenvalue weighted by atomic mass is 9.72. The molecular weight excluding hydrogens is 730 g/mol. The monoisotopic (exact) mass is 775 g/mol. The second kappa shape index (κ2) is 16.4. The Kier molecular flexibility index (Phi) is 11.2. The Bertz CT molecular complexity index is 2240. The Morgan fingerprint density at radius 2 is 1.88 bits per heavy atom. The van der Waals surface area contributed by atoms with Gasteiger partial charge in [-0.1, -0.05) is 93.6 Å². The zero-order valence-corrected chi connectivity index (χ0v) is 32.1. The van der Waals surface area contributed by atoms with E-state index in [4.69, 9.17) is 23.6 Å². The van der Waals surface area contributed by atoms with Crippen LogP contribution in [0.4, 0.5) is 10.5 Å². The predicted molar refractivity (Wildman–Crippen MR) is 207 cm³/mol. The Balaban J connectivity index is 1.39. The van der Waals surface area contributed by atoms with Crippen molar-refractivity contribution in [1.82, 2.24) is 20.9 Å². The molecule has 3 aliphatic heterocycles. The highest BCUT2D eigenvalue weighted by atomic mass is 16.5. The van der Waals surface area contributed by atoms with Crippen molar-refractivity contribution in [3.8, 4) is 17.6 Å². The van der Waals surface area contributed by atoms with Gasteiger partial charge in [-0.15, -0.1) is 0 Å². The van der Waals surface area contributed by atoms with Gasteiger partial charge in [0.25, 0.3) is 5.91 Å². The summed E-state index contributed by atoms with van der Waals surface area (Å²) in [5.74, 6) is 4.62. The van der Waals surface area contributed by atoms with Gasteiger partial charge in [-0.05, 0) is 35.6 Å². The van der Waals surface area contributed by atoms with Gasteiger partial charge in [0.1, 0.15) is 29.9 Å². The lowest BCUT2D eigenvalue weighted by Gasteiger charge is -2.29. The number of hydrogen-bond donors (Lipinski definition) is 5. The minimum atomic E-state index is -1.40. The number of methoxy groups -OCH3 is 1. The van der Waals surface area contributed by atoms with Crippen LogP contribution in [0.3, 0.4) is 0 Å². The maximum atomic E-state index is 14.4. The third-order valence-electron chi connectivity index (χ3n) is 10.4. The smallest absolute Gasteiger partial charge is 0.408 e. The van der Waals surface area contributed by atoms with Crippen molar-refractivity contribution in [3.63, 3.8) is 0 Å². The number of para-hydroxylation sites is 1. The molecule has 296 valence electrons. The maximum Gasteiger partial charge on any atom is 0.408 e. The number of benzene rings is 3. The molecule has 5 N–H and O–H groups in total. The quantitative estimate of drug-likeness (QED) is 0.0859. The number of amides is 3. The molecule has 4 bridgehead atoms. The molecule has 57 heavy (non-hydrogen) atoms. The van der Waals surface area contributed by atoms with E-state index in [2.05, 4.69) is 40.0 Å². The highest BCUT2D eigenvalue weighted by Gasteiger charge is 2.61. The molecule has 0 aliphatic carbocycles. The summed E-state index contributed by atoms with van der Waals surface area (Å²) in [5.41, 5.74) is 2.65. The van der Waals surface area contributed by atoms with Crippen molar-refractivity contribution in [2.45, 2.75) is 82.8 Å². The first-order valence-corrected chi connectivity index (χ1v) is 19.1. The van der Waals surface area contributed by atoms with E-state index in [9.17, 15) is 24.3 Å². The topological polar surface area (TPSA) is 190 Å². The van der Waals surface area contributed by atoms with Crippen LogP contribution in [0.25, 0.3) is 0 Å². The van der Waals surface area contributed by atoms with E-state index in [0.29, 0.717) is 28.1 Å². The van der Waals surface area contributed by atoms with Crippen LogP contribution in [0, 0.1) is 17.8 Å². The number of carbonyl (C=O) groups is 4. The number of fused-ring (bicyclic) bond motifs is 4.